The quantitative estimate of drug-likeness (QED) is 0.844. The van der Waals surface area contributed by atoms with E-state index in [1.54, 1.807) is 19.9 Å². The molecule has 0 radical (unpaired) electrons. The molecule has 0 bridgehead atoms. The minimum absolute atomic E-state index is 0.0973. The van der Waals surface area contributed by atoms with Crippen LogP contribution < -0.4 is 14.2 Å². The first-order valence-corrected chi connectivity index (χ1v) is 7.24. The van der Waals surface area contributed by atoms with Crippen molar-refractivity contribution in [1.29, 1.82) is 0 Å². The number of benzene rings is 1. The molecule has 0 atom stereocenters. The standard InChI is InChI=1S/C13H15NO4S/c1-4-13(2,3)14-19(15,16)10-5-6-11-12(9-10)18-8-7-17-11/h1,5-6,9,14H,7-8H2,2-3H3. The van der Waals surface area contributed by atoms with Crippen molar-refractivity contribution >= 4 is 10.0 Å². The molecule has 6 heteroatoms. The summed E-state index contributed by atoms with van der Waals surface area (Å²) in [6.45, 7) is 4.09. The average Bonchev–Trinajstić information content (AvgIpc) is 2.37. The SMILES string of the molecule is C#CC(C)(C)NS(=O)(=O)c1ccc2c(c1)OCCO2. The second-order valence-electron chi connectivity index (χ2n) is 4.68. The van der Waals surface area contributed by atoms with Gasteiger partial charge in [-0.05, 0) is 26.0 Å². The van der Waals surface area contributed by atoms with Gasteiger partial charge in [-0.25, -0.2) is 8.42 Å². The van der Waals surface area contributed by atoms with Crippen LogP contribution in [0.2, 0.25) is 0 Å². The molecule has 0 unspecified atom stereocenters. The highest BCUT2D eigenvalue weighted by Crippen LogP contribution is 2.32. The summed E-state index contributed by atoms with van der Waals surface area (Å²) >= 11 is 0. The number of ether oxygens (including phenoxy) is 2. The van der Waals surface area contributed by atoms with Gasteiger partial charge in [-0.15, -0.1) is 6.42 Å². The predicted octanol–water partition coefficient (Wildman–Crippen LogP) is 1.15. The lowest BCUT2D eigenvalue weighted by atomic mass is 10.1. The van der Waals surface area contributed by atoms with E-state index in [0.717, 1.165) is 0 Å². The number of hydrogen-bond acceptors (Lipinski definition) is 4. The van der Waals surface area contributed by atoms with E-state index in [1.807, 2.05) is 0 Å². The van der Waals surface area contributed by atoms with Crippen LogP contribution in [0.4, 0.5) is 0 Å². The van der Waals surface area contributed by atoms with Crippen LogP contribution in [-0.4, -0.2) is 27.2 Å². The van der Waals surface area contributed by atoms with Gasteiger partial charge in [0, 0.05) is 6.07 Å². The molecule has 102 valence electrons. The van der Waals surface area contributed by atoms with Crippen LogP contribution in [0, 0.1) is 12.3 Å². The highest BCUT2D eigenvalue weighted by atomic mass is 32.2. The molecule has 1 aromatic rings. The van der Waals surface area contributed by atoms with Crippen LogP contribution in [-0.2, 0) is 10.0 Å². The maximum absolute atomic E-state index is 12.2. The summed E-state index contributed by atoms with van der Waals surface area (Å²) in [5, 5.41) is 0. The van der Waals surface area contributed by atoms with Gasteiger partial charge in [0.1, 0.15) is 13.2 Å². The Morgan fingerprint density at radius 3 is 2.53 bits per heavy atom. The predicted molar refractivity (Wildman–Crippen MR) is 70.7 cm³/mol. The summed E-state index contributed by atoms with van der Waals surface area (Å²) in [4.78, 5) is 0.0973. The Bertz CT molecular complexity index is 629. The van der Waals surface area contributed by atoms with E-state index >= 15 is 0 Å². The number of hydrogen-bond donors (Lipinski definition) is 1. The minimum atomic E-state index is -3.69. The average molecular weight is 281 g/mol. The number of nitrogens with one attached hydrogen (secondary N) is 1. The molecule has 0 fully saturated rings. The normalized spacial score (nSPS) is 14.8. The molecule has 1 N–H and O–H groups in total. The van der Waals surface area contributed by atoms with Gasteiger partial charge in [-0.3, -0.25) is 0 Å². The molecule has 1 aliphatic heterocycles. The van der Waals surface area contributed by atoms with Gasteiger partial charge in [-0.2, -0.15) is 4.72 Å². The smallest absolute Gasteiger partial charge is 0.241 e. The largest absolute Gasteiger partial charge is 0.486 e. The Balaban J connectivity index is 2.34. The van der Waals surface area contributed by atoms with Crippen molar-refractivity contribution in [2.75, 3.05) is 13.2 Å². The third kappa shape index (κ3) is 3.00. The summed E-state index contributed by atoms with van der Waals surface area (Å²) < 4.78 is 37.5. The van der Waals surface area contributed by atoms with Crippen LogP contribution in [0.25, 0.3) is 0 Å². The van der Waals surface area contributed by atoms with Crippen molar-refractivity contribution in [2.45, 2.75) is 24.3 Å². The highest BCUT2D eigenvalue weighted by molar-refractivity contribution is 7.89. The van der Waals surface area contributed by atoms with Crippen molar-refractivity contribution in [3.05, 3.63) is 18.2 Å². The summed E-state index contributed by atoms with van der Waals surface area (Å²) in [6, 6.07) is 4.47. The summed E-state index contributed by atoms with van der Waals surface area (Å²) in [6.07, 6.45) is 5.28. The molecule has 0 saturated carbocycles. The summed E-state index contributed by atoms with van der Waals surface area (Å²) in [7, 11) is -3.69. The molecule has 2 rings (SSSR count). The van der Waals surface area contributed by atoms with Gasteiger partial charge >= 0.3 is 0 Å². The van der Waals surface area contributed by atoms with Crippen molar-refractivity contribution < 1.29 is 17.9 Å². The van der Waals surface area contributed by atoms with Gasteiger partial charge in [0.05, 0.1) is 10.4 Å². The first-order valence-electron chi connectivity index (χ1n) is 5.75. The monoisotopic (exact) mass is 281 g/mol. The zero-order valence-electron chi connectivity index (χ0n) is 10.8. The van der Waals surface area contributed by atoms with E-state index in [1.165, 1.54) is 12.1 Å². The summed E-state index contributed by atoms with van der Waals surface area (Å²) in [5.41, 5.74) is -0.952. The molecule has 0 saturated heterocycles. The van der Waals surface area contributed by atoms with Crippen LogP contribution in [0.5, 0.6) is 11.5 Å². The van der Waals surface area contributed by atoms with Gasteiger partial charge in [0.2, 0.25) is 10.0 Å². The first kappa shape index (κ1) is 13.7. The van der Waals surface area contributed by atoms with E-state index in [-0.39, 0.29) is 4.90 Å². The topological polar surface area (TPSA) is 64.6 Å². The van der Waals surface area contributed by atoms with E-state index in [2.05, 4.69) is 10.6 Å². The van der Waals surface area contributed by atoms with Crippen LogP contribution >= 0.6 is 0 Å². The fourth-order valence-electron chi connectivity index (χ4n) is 1.62. The third-order valence-electron chi connectivity index (χ3n) is 2.57. The molecule has 0 aromatic heterocycles. The molecule has 1 aromatic carbocycles. The number of sulfonamides is 1. The zero-order chi connectivity index (χ0) is 14.1. The molecule has 5 nitrogen and oxygen atoms in total. The van der Waals surface area contributed by atoms with E-state index in [0.29, 0.717) is 24.7 Å². The second-order valence-corrected chi connectivity index (χ2v) is 6.36. The highest BCUT2D eigenvalue weighted by Gasteiger charge is 2.25. The zero-order valence-corrected chi connectivity index (χ0v) is 11.6. The second kappa shape index (κ2) is 4.76. The Morgan fingerprint density at radius 2 is 1.89 bits per heavy atom. The lowest BCUT2D eigenvalue weighted by Gasteiger charge is -2.21. The van der Waals surface area contributed by atoms with Crippen molar-refractivity contribution in [1.82, 2.24) is 4.72 Å². The molecule has 0 spiro atoms. The maximum atomic E-state index is 12.2. The van der Waals surface area contributed by atoms with Crippen molar-refractivity contribution in [2.24, 2.45) is 0 Å². The molecule has 0 aliphatic carbocycles. The van der Waals surface area contributed by atoms with Crippen molar-refractivity contribution in [3.63, 3.8) is 0 Å². The molecule has 1 aliphatic rings. The Morgan fingerprint density at radius 1 is 1.26 bits per heavy atom. The lowest BCUT2D eigenvalue weighted by Crippen LogP contribution is -2.41. The molecular formula is C13H15NO4S. The van der Waals surface area contributed by atoms with Gasteiger partial charge in [-0.1, -0.05) is 5.92 Å². The number of terminal acetylenes is 1. The Kier molecular flexibility index (Phi) is 3.43. The van der Waals surface area contributed by atoms with Gasteiger partial charge in [0.25, 0.3) is 0 Å². The van der Waals surface area contributed by atoms with E-state index < -0.39 is 15.6 Å². The fraction of sp³-hybridized carbons (Fsp3) is 0.385. The Labute approximate surface area is 113 Å². The number of rotatable bonds is 3. The van der Waals surface area contributed by atoms with Gasteiger partial charge < -0.3 is 9.47 Å². The van der Waals surface area contributed by atoms with Gasteiger partial charge in [0.15, 0.2) is 11.5 Å². The molecule has 1 heterocycles. The van der Waals surface area contributed by atoms with Crippen LogP contribution in [0.3, 0.4) is 0 Å². The van der Waals surface area contributed by atoms with E-state index in [9.17, 15) is 8.42 Å². The first-order chi connectivity index (χ1) is 8.84. The lowest BCUT2D eigenvalue weighted by molar-refractivity contribution is 0.171. The maximum Gasteiger partial charge on any atom is 0.241 e. The molecule has 19 heavy (non-hydrogen) atoms. The summed E-state index contributed by atoms with van der Waals surface area (Å²) in [5.74, 6) is 3.35. The van der Waals surface area contributed by atoms with Crippen molar-refractivity contribution in [3.8, 4) is 23.8 Å². The van der Waals surface area contributed by atoms with Crippen LogP contribution in [0.15, 0.2) is 23.1 Å². The minimum Gasteiger partial charge on any atom is -0.486 e. The van der Waals surface area contributed by atoms with E-state index in [4.69, 9.17) is 15.9 Å². The Hall–Kier alpha value is -1.71. The van der Waals surface area contributed by atoms with Crippen LogP contribution in [0.1, 0.15) is 13.8 Å². The molecule has 0 amide bonds. The third-order valence-corrected chi connectivity index (χ3v) is 4.23. The molecular weight excluding hydrogens is 266 g/mol. The number of fused-ring (bicyclic) bond motifs is 1. The fourth-order valence-corrected chi connectivity index (χ4v) is 2.97.